The van der Waals surface area contributed by atoms with E-state index >= 15 is 0 Å². The zero-order valence-electron chi connectivity index (χ0n) is 14.8. The third-order valence-electron chi connectivity index (χ3n) is 3.75. The molecule has 1 aliphatic rings. The first-order chi connectivity index (χ1) is 13.0. The number of aromatic nitrogens is 1. The van der Waals surface area contributed by atoms with Crippen molar-refractivity contribution in [2.45, 2.75) is 6.92 Å². The number of aryl methyl sites for hydroxylation is 1. The van der Waals surface area contributed by atoms with Gasteiger partial charge in [-0.15, -0.1) is 0 Å². The maximum atomic E-state index is 12.5. The Morgan fingerprint density at radius 3 is 2.74 bits per heavy atom. The lowest BCUT2D eigenvalue weighted by Gasteiger charge is -2.14. The normalized spacial score (nSPS) is 15.3. The molecule has 1 aromatic carbocycles. The van der Waals surface area contributed by atoms with Crippen molar-refractivity contribution in [3.63, 3.8) is 0 Å². The summed E-state index contributed by atoms with van der Waals surface area (Å²) in [7, 11) is 1.49. The van der Waals surface area contributed by atoms with Crippen LogP contribution in [-0.2, 0) is 9.59 Å². The molecule has 2 aromatic rings. The van der Waals surface area contributed by atoms with E-state index in [0.717, 1.165) is 22.4 Å². The second-order valence-corrected chi connectivity index (χ2v) is 6.71. The van der Waals surface area contributed by atoms with E-state index in [-0.39, 0.29) is 11.4 Å². The summed E-state index contributed by atoms with van der Waals surface area (Å²) in [5.74, 6) is -0.509. The van der Waals surface area contributed by atoms with Gasteiger partial charge in [-0.3, -0.25) is 24.3 Å². The third kappa shape index (κ3) is 4.35. The van der Waals surface area contributed by atoms with Gasteiger partial charge in [0.1, 0.15) is 12.3 Å². The van der Waals surface area contributed by atoms with Gasteiger partial charge < -0.3 is 10.1 Å². The lowest BCUT2D eigenvalue weighted by molar-refractivity contribution is -0.127. The lowest BCUT2D eigenvalue weighted by atomic mass is 10.3. The van der Waals surface area contributed by atoms with Crippen LogP contribution in [0.15, 0.2) is 47.4 Å². The summed E-state index contributed by atoms with van der Waals surface area (Å²) in [4.78, 5) is 42.4. The molecular weight excluding hydrogens is 366 g/mol. The SMILES string of the molecule is COc1ccccc1NC(=O)CN1C(=O)S/C(=C/c2cccc(C)n2)C1=O. The first-order valence-electron chi connectivity index (χ1n) is 8.10. The molecule has 1 aromatic heterocycles. The molecule has 3 rings (SSSR count). The fourth-order valence-electron chi connectivity index (χ4n) is 2.50. The summed E-state index contributed by atoms with van der Waals surface area (Å²) >= 11 is 0.792. The number of methoxy groups -OCH3 is 1. The Morgan fingerprint density at radius 1 is 1.22 bits per heavy atom. The fraction of sp³-hybridized carbons (Fsp3) is 0.158. The molecule has 7 nitrogen and oxygen atoms in total. The topological polar surface area (TPSA) is 88.6 Å². The summed E-state index contributed by atoms with van der Waals surface area (Å²) in [5, 5.41) is 2.16. The van der Waals surface area contributed by atoms with Crippen molar-refractivity contribution in [2.24, 2.45) is 0 Å². The Kier molecular flexibility index (Phi) is 5.56. The second kappa shape index (κ2) is 8.05. The molecule has 27 heavy (non-hydrogen) atoms. The molecule has 0 aliphatic carbocycles. The van der Waals surface area contributed by atoms with E-state index in [0.29, 0.717) is 17.1 Å². The second-order valence-electron chi connectivity index (χ2n) is 5.72. The van der Waals surface area contributed by atoms with Gasteiger partial charge >= 0.3 is 0 Å². The Morgan fingerprint density at radius 2 is 2.00 bits per heavy atom. The Balaban J connectivity index is 1.71. The predicted octanol–water partition coefficient (Wildman–Crippen LogP) is 3.07. The van der Waals surface area contributed by atoms with Crippen molar-refractivity contribution in [2.75, 3.05) is 19.0 Å². The number of benzene rings is 1. The van der Waals surface area contributed by atoms with Crippen molar-refractivity contribution in [1.29, 1.82) is 0 Å². The van der Waals surface area contributed by atoms with Gasteiger partial charge in [-0.2, -0.15) is 0 Å². The number of imide groups is 1. The number of anilines is 1. The molecule has 1 saturated heterocycles. The number of amides is 3. The summed E-state index contributed by atoms with van der Waals surface area (Å²) < 4.78 is 5.17. The van der Waals surface area contributed by atoms with E-state index in [9.17, 15) is 14.4 Å². The maximum absolute atomic E-state index is 12.5. The molecule has 0 unspecified atom stereocenters. The average Bonchev–Trinajstić information content (AvgIpc) is 2.89. The van der Waals surface area contributed by atoms with E-state index in [1.807, 2.05) is 19.1 Å². The number of ether oxygens (including phenoxy) is 1. The zero-order valence-corrected chi connectivity index (χ0v) is 15.6. The number of hydrogen-bond acceptors (Lipinski definition) is 6. The summed E-state index contributed by atoms with van der Waals surface area (Å²) in [6, 6.07) is 12.3. The number of para-hydroxylation sites is 2. The smallest absolute Gasteiger partial charge is 0.294 e. The minimum Gasteiger partial charge on any atom is -0.495 e. The van der Waals surface area contributed by atoms with Gasteiger partial charge in [-0.25, -0.2) is 0 Å². The summed E-state index contributed by atoms with van der Waals surface area (Å²) in [5.41, 5.74) is 1.86. The highest BCUT2D eigenvalue weighted by Crippen LogP contribution is 2.32. The monoisotopic (exact) mass is 383 g/mol. The van der Waals surface area contributed by atoms with Crippen LogP contribution in [0, 0.1) is 6.92 Å². The summed E-state index contributed by atoms with van der Waals surface area (Å²) in [6.45, 7) is 1.46. The number of rotatable bonds is 5. The van der Waals surface area contributed by atoms with Crippen molar-refractivity contribution in [3.8, 4) is 5.75 Å². The van der Waals surface area contributed by atoms with Gasteiger partial charge in [-0.05, 0) is 49.0 Å². The number of hydrogen-bond donors (Lipinski definition) is 1. The zero-order chi connectivity index (χ0) is 19.4. The van der Waals surface area contributed by atoms with Crippen LogP contribution in [0.5, 0.6) is 5.75 Å². The quantitative estimate of drug-likeness (QED) is 0.799. The molecule has 0 radical (unpaired) electrons. The molecule has 8 heteroatoms. The third-order valence-corrected chi connectivity index (χ3v) is 4.65. The van der Waals surface area contributed by atoms with E-state index in [2.05, 4.69) is 10.3 Å². The van der Waals surface area contributed by atoms with Gasteiger partial charge in [0.25, 0.3) is 11.1 Å². The predicted molar refractivity (Wildman–Crippen MR) is 103 cm³/mol. The van der Waals surface area contributed by atoms with Crippen LogP contribution >= 0.6 is 11.8 Å². The van der Waals surface area contributed by atoms with Crippen LogP contribution in [0.4, 0.5) is 10.5 Å². The number of carbonyl (C=O) groups excluding carboxylic acids is 3. The van der Waals surface area contributed by atoms with Crippen molar-refractivity contribution >= 4 is 40.6 Å². The van der Waals surface area contributed by atoms with Gasteiger partial charge in [-0.1, -0.05) is 18.2 Å². The highest BCUT2D eigenvalue weighted by Gasteiger charge is 2.36. The largest absolute Gasteiger partial charge is 0.495 e. The molecule has 3 amide bonds. The Bertz CT molecular complexity index is 942. The molecular formula is C19H17N3O4S. The number of thioether (sulfide) groups is 1. The van der Waals surface area contributed by atoms with Gasteiger partial charge in [0.15, 0.2) is 0 Å². The van der Waals surface area contributed by atoms with Gasteiger partial charge in [0.05, 0.1) is 23.4 Å². The molecule has 2 heterocycles. The first kappa shape index (κ1) is 18.7. The van der Waals surface area contributed by atoms with Crippen LogP contribution < -0.4 is 10.1 Å². The van der Waals surface area contributed by atoms with Crippen LogP contribution in [0.2, 0.25) is 0 Å². The molecule has 1 aliphatic heterocycles. The maximum Gasteiger partial charge on any atom is 0.294 e. The molecule has 0 spiro atoms. The van der Waals surface area contributed by atoms with Crippen LogP contribution in [-0.4, -0.2) is 40.6 Å². The number of nitrogens with one attached hydrogen (secondary N) is 1. The first-order valence-corrected chi connectivity index (χ1v) is 8.91. The van der Waals surface area contributed by atoms with E-state index in [4.69, 9.17) is 4.74 Å². The molecule has 1 N–H and O–H groups in total. The molecule has 1 fully saturated rings. The van der Waals surface area contributed by atoms with Crippen molar-refractivity contribution in [1.82, 2.24) is 9.88 Å². The number of pyridine rings is 1. The van der Waals surface area contributed by atoms with E-state index < -0.39 is 17.1 Å². The van der Waals surface area contributed by atoms with Crippen LogP contribution in [0.3, 0.4) is 0 Å². The standard InChI is InChI=1S/C19H17N3O4S/c1-12-6-5-7-13(20-12)10-16-18(24)22(19(25)27-16)11-17(23)21-14-8-3-4-9-15(14)26-2/h3-10H,11H2,1-2H3,(H,21,23)/b16-10+. The van der Waals surface area contributed by atoms with Crippen LogP contribution in [0.25, 0.3) is 6.08 Å². The van der Waals surface area contributed by atoms with Gasteiger partial charge in [0, 0.05) is 5.69 Å². The van der Waals surface area contributed by atoms with Gasteiger partial charge in [0.2, 0.25) is 5.91 Å². The van der Waals surface area contributed by atoms with Crippen molar-refractivity contribution in [3.05, 3.63) is 58.8 Å². The van der Waals surface area contributed by atoms with Crippen LogP contribution in [0.1, 0.15) is 11.4 Å². The van der Waals surface area contributed by atoms with Crippen molar-refractivity contribution < 1.29 is 19.1 Å². The fourth-order valence-corrected chi connectivity index (χ4v) is 3.32. The minimum atomic E-state index is -0.511. The highest BCUT2D eigenvalue weighted by molar-refractivity contribution is 8.18. The number of carbonyl (C=O) groups is 3. The molecule has 0 bridgehead atoms. The lowest BCUT2D eigenvalue weighted by Crippen LogP contribution is -2.36. The Hall–Kier alpha value is -3.13. The molecule has 138 valence electrons. The number of nitrogens with zero attached hydrogens (tertiary/aromatic N) is 2. The van der Waals surface area contributed by atoms with E-state index in [1.165, 1.54) is 7.11 Å². The van der Waals surface area contributed by atoms with E-state index in [1.54, 1.807) is 36.4 Å². The average molecular weight is 383 g/mol. The summed E-state index contributed by atoms with van der Waals surface area (Å²) in [6.07, 6.45) is 1.55. The highest BCUT2D eigenvalue weighted by atomic mass is 32.2. The molecule has 0 saturated carbocycles. The Labute approximate surface area is 160 Å². The minimum absolute atomic E-state index is 0.239. The molecule has 0 atom stereocenters.